The molecule has 0 aliphatic heterocycles. The van der Waals surface area contributed by atoms with Crippen molar-refractivity contribution in [3.8, 4) is 11.3 Å². The molecule has 2 aromatic heterocycles. The van der Waals surface area contributed by atoms with Gasteiger partial charge in [0.25, 0.3) is 0 Å². The van der Waals surface area contributed by atoms with Gasteiger partial charge in [-0.1, -0.05) is 12.1 Å². The lowest BCUT2D eigenvalue weighted by Gasteiger charge is -2.06. The average Bonchev–Trinajstić information content (AvgIpc) is 2.81. The fourth-order valence-corrected chi connectivity index (χ4v) is 1.85. The summed E-state index contributed by atoms with van der Waals surface area (Å²) in [6.45, 7) is 0. The molecular formula is C13H8F3N3. The first kappa shape index (κ1) is 11.7. The van der Waals surface area contributed by atoms with Gasteiger partial charge < -0.3 is 4.98 Å². The maximum atomic E-state index is 12.5. The maximum absolute atomic E-state index is 12.5. The Labute approximate surface area is 106 Å². The minimum Gasteiger partial charge on any atom is -0.338 e. The summed E-state index contributed by atoms with van der Waals surface area (Å²) >= 11 is 0. The molecule has 6 heteroatoms. The zero-order valence-corrected chi connectivity index (χ0v) is 9.57. The van der Waals surface area contributed by atoms with Crippen molar-refractivity contribution in [2.75, 3.05) is 0 Å². The van der Waals surface area contributed by atoms with Gasteiger partial charge in [-0.15, -0.1) is 0 Å². The summed E-state index contributed by atoms with van der Waals surface area (Å²) in [7, 11) is 0. The van der Waals surface area contributed by atoms with Crippen molar-refractivity contribution < 1.29 is 13.2 Å². The van der Waals surface area contributed by atoms with E-state index in [4.69, 9.17) is 0 Å². The smallest absolute Gasteiger partial charge is 0.338 e. The molecule has 3 aromatic rings. The van der Waals surface area contributed by atoms with Crippen LogP contribution in [0.5, 0.6) is 0 Å². The van der Waals surface area contributed by atoms with Gasteiger partial charge in [0, 0.05) is 18.1 Å². The Balaban J connectivity index is 2.02. The summed E-state index contributed by atoms with van der Waals surface area (Å²) < 4.78 is 37.4. The predicted molar refractivity (Wildman–Crippen MR) is 64.3 cm³/mol. The Hall–Kier alpha value is -2.37. The predicted octanol–water partition coefficient (Wildman–Crippen LogP) is 3.64. The zero-order valence-electron chi connectivity index (χ0n) is 9.57. The summed E-state index contributed by atoms with van der Waals surface area (Å²) in [6.07, 6.45) is -1.20. The van der Waals surface area contributed by atoms with Gasteiger partial charge in [0.1, 0.15) is 5.52 Å². The monoisotopic (exact) mass is 263 g/mol. The second kappa shape index (κ2) is 4.08. The molecule has 3 rings (SSSR count). The summed E-state index contributed by atoms with van der Waals surface area (Å²) in [4.78, 5) is 11.2. The first-order valence-corrected chi connectivity index (χ1v) is 5.51. The number of alkyl halides is 3. The van der Waals surface area contributed by atoms with Crippen LogP contribution in [0, 0.1) is 0 Å². The number of benzene rings is 1. The molecule has 1 N–H and O–H groups in total. The Kier molecular flexibility index (Phi) is 2.51. The van der Waals surface area contributed by atoms with Gasteiger partial charge in [-0.25, -0.2) is 4.98 Å². The van der Waals surface area contributed by atoms with Crippen LogP contribution in [0.2, 0.25) is 0 Å². The number of rotatable bonds is 1. The molecule has 0 unspecified atom stereocenters. The van der Waals surface area contributed by atoms with E-state index in [-0.39, 0.29) is 0 Å². The highest BCUT2D eigenvalue weighted by atomic mass is 19.4. The number of nitrogens with one attached hydrogen (secondary N) is 1. The fraction of sp³-hybridized carbons (Fsp3) is 0.0769. The molecule has 0 bridgehead atoms. The molecule has 0 radical (unpaired) electrons. The minimum atomic E-state index is -4.32. The third kappa shape index (κ3) is 2.16. The lowest BCUT2D eigenvalue weighted by atomic mass is 10.1. The third-order valence-corrected chi connectivity index (χ3v) is 2.78. The molecule has 0 fully saturated rings. The summed E-state index contributed by atoms with van der Waals surface area (Å²) in [5, 5.41) is 0. The Morgan fingerprint density at radius 3 is 2.26 bits per heavy atom. The van der Waals surface area contributed by atoms with Crippen LogP contribution >= 0.6 is 0 Å². The van der Waals surface area contributed by atoms with Crippen LogP contribution in [-0.4, -0.2) is 15.0 Å². The molecule has 2 heterocycles. The fourth-order valence-electron chi connectivity index (χ4n) is 1.85. The van der Waals surface area contributed by atoms with Gasteiger partial charge >= 0.3 is 6.18 Å². The van der Waals surface area contributed by atoms with E-state index >= 15 is 0 Å². The third-order valence-electron chi connectivity index (χ3n) is 2.78. The van der Waals surface area contributed by atoms with Gasteiger partial charge in [-0.3, -0.25) is 4.98 Å². The van der Waals surface area contributed by atoms with Gasteiger partial charge in [0.15, 0.2) is 5.65 Å². The topological polar surface area (TPSA) is 41.6 Å². The second-order valence-corrected chi connectivity index (χ2v) is 4.05. The van der Waals surface area contributed by atoms with Gasteiger partial charge in [-0.2, -0.15) is 13.2 Å². The summed E-state index contributed by atoms with van der Waals surface area (Å²) in [6, 6.07) is 6.72. The molecule has 0 saturated carbocycles. The highest BCUT2D eigenvalue weighted by Gasteiger charge is 2.29. The lowest BCUT2D eigenvalue weighted by Crippen LogP contribution is -2.03. The molecule has 1 aromatic carbocycles. The molecule has 0 spiro atoms. The summed E-state index contributed by atoms with van der Waals surface area (Å²) in [5.41, 5.74) is 1.97. The van der Waals surface area contributed by atoms with E-state index < -0.39 is 11.7 Å². The van der Waals surface area contributed by atoms with Crippen LogP contribution in [0.25, 0.3) is 22.4 Å². The first-order valence-electron chi connectivity index (χ1n) is 5.51. The normalized spacial score (nSPS) is 11.9. The number of aromatic nitrogens is 3. The first-order chi connectivity index (χ1) is 9.04. The molecule has 0 amide bonds. The van der Waals surface area contributed by atoms with E-state index in [9.17, 15) is 13.2 Å². The van der Waals surface area contributed by atoms with Crippen LogP contribution in [0.15, 0.2) is 42.7 Å². The molecule has 19 heavy (non-hydrogen) atoms. The molecule has 0 aliphatic rings. The SMILES string of the molecule is FC(F)(F)c1ccc(-c2cc3nccnc3[nH]2)cc1. The number of hydrogen-bond donors (Lipinski definition) is 1. The molecule has 0 atom stereocenters. The van der Waals surface area contributed by atoms with E-state index in [1.807, 2.05) is 0 Å². The Bertz CT molecular complexity index is 681. The van der Waals surface area contributed by atoms with Crippen molar-refractivity contribution in [3.05, 3.63) is 48.3 Å². The highest BCUT2D eigenvalue weighted by Crippen LogP contribution is 2.31. The van der Waals surface area contributed by atoms with Crippen molar-refractivity contribution in [1.82, 2.24) is 15.0 Å². The number of H-pyrrole nitrogens is 1. The van der Waals surface area contributed by atoms with Gasteiger partial charge in [0.2, 0.25) is 0 Å². The number of halogens is 3. The van der Waals surface area contributed by atoms with Crippen LogP contribution in [-0.2, 0) is 6.18 Å². The van der Waals surface area contributed by atoms with E-state index in [0.29, 0.717) is 22.4 Å². The zero-order chi connectivity index (χ0) is 13.5. The van der Waals surface area contributed by atoms with E-state index in [1.165, 1.54) is 12.1 Å². The van der Waals surface area contributed by atoms with Crippen LogP contribution in [0.4, 0.5) is 13.2 Å². The number of fused-ring (bicyclic) bond motifs is 1. The van der Waals surface area contributed by atoms with Crippen molar-refractivity contribution >= 4 is 11.2 Å². The number of hydrogen-bond acceptors (Lipinski definition) is 2. The molecular weight excluding hydrogens is 255 g/mol. The Morgan fingerprint density at radius 2 is 1.63 bits per heavy atom. The van der Waals surface area contributed by atoms with Crippen molar-refractivity contribution in [3.63, 3.8) is 0 Å². The lowest BCUT2D eigenvalue weighted by molar-refractivity contribution is -0.137. The molecule has 96 valence electrons. The minimum absolute atomic E-state index is 0.609. The second-order valence-electron chi connectivity index (χ2n) is 4.05. The highest BCUT2D eigenvalue weighted by molar-refractivity contribution is 5.79. The number of nitrogens with zero attached hydrogens (tertiary/aromatic N) is 2. The van der Waals surface area contributed by atoms with Crippen LogP contribution in [0.1, 0.15) is 5.56 Å². The van der Waals surface area contributed by atoms with Crippen LogP contribution < -0.4 is 0 Å². The van der Waals surface area contributed by atoms with E-state index in [1.54, 1.807) is 18.5 Å². The average molecular weight is 263 g/mol. The molecule has 0 saturated heterocycles. The van der Waals surface area contributed by atoms with Crippen molar-refractivity contribution in [2.45, 2.75) is 6.18 Å². The maximum Gasteiger partial charge on any atom is 0.416 e. The number of aromatic amines is 1. The Morgan fingerprint density at radius 1 is 0.947 bits per heavy atom. The van der Waals surface area contributed by atoms with Gasteiger partial charge in [0.05, 0.1) is 5.56 Å². The van der Waals surface area contributed by atoms with E-state index in [2.05, 4.69) is 15.0 Å². The quantitative estimate of drug-likeness (QED) is 0.728. The van der Waals surface area contributed by atoms with Crippen molar-refractivity contribution in [2.24, 2.45) is 0 Å². The molecule has 0 aliphatic carbocycles. The van der Waals surface area contributed by atoms with Crippen LogP contribution in [0.3, 0.4) is 0 Å². The van der Waals surface area contributed by atoms with E-state index in [0.717, 1.165) is 12.1 Å². The standard InChI is InChI=1S/C13H8F3N3/c14-13(15,16)9-3-1-8(2-4-9)10-7-11-12(19-10)18-6-5-17-11/h1-7H,(H,18,19). The largest absolute Gasteiger partial charge is 0.416 e. The van der Waals surface area contributed by atoms with Gasteiger partial charge in [-0.05, 0) is 23.8 Å². The molecule has 3 nitrogen and oxygen atoms in total. The van der Waals surface area contributed by atoms with Crippen molar-refractivity contribution in [1.29, 1.82) is 0 Å². The summed E-state index contributed by atoms with van der Waals surface area (Å²) in [5.74, 6) is 0.